The highest BCUT2D eigenvalue weighted by Crippen LogP contribution is 2.33. The topological polar surface area (TPSA) is 86.8 Å². The summed E-state index contributed by atoms with van der Waals surface area (Å²) < 4.78 is 42.2. The monoisotopic (exact) mass is 607 g/mol. The fourth-order valence-corrected chi connectivity index (χ4v) is 5.94. The van der Waals surface area contributed by atoms with Crippen molar-refractivity contribution >= 4 is 50.7 Å². The number of nitrogens with zero attached hydrogens (tertiary/aromatic N) is 2. The number of carbonyl (C=O) groups excluding carboxylic acids is 2. The van der Waals surface area contributed by atoms with Crippen LogP contribution >= 0.6 is 23.2 Å². The van der Waals surface area contributed by atoms with E-state index in [2.05, 4.69) is 5.32 Å². The molecule has 0 saturated heterocycles. The van der Waals surface area contributed by atoms with Gasteiger partial charge in [-0.15, -0.1) is 0 Å². The van der Waals surface area contributed by atoms with E-state index in [4.69, 9.17) is 23.2 Å². The first-order chi connectivity index (χ1) is 19.0. The van der Waals surface area contributed by atoms with Gasteiger partial charge in [-0.05, 0) is 67.8 Å². The summed E-state index contributed by atoms with van der Waals surface area (Å²) in [5.74, 6) is -1.46. The smallest absolute Gasteiger partial charge is 0.264 e. The Morgan fingerprint density at radius 2 is 1.60 bits per heavy atom. The third kappa shape index (κ3) is 7.74. The summed E-state index contributed by atoms with van der Waals surface area (Å²) in [5, 5.41) is 3.20. The number of sulfonamides is 1. The second-order valence-electron chi connectivity index (χ2n) is 9.31. The lowest BCUT2D eigenvalue weighted by atomic mass is 10.1. The molecule has 0 aliphatic rings. The van der Waals surface area contributed by atoms with Gasteiger partial charge in [-0.3, -0.25) is 13.9 Å². The van der Waals surface area contributed by atoms with Crippen LogP contribution in [0, 0.1) is 5.82 Å². The third-order valence-corrected chi connectivity index (χ3v) is 8.77. The highest BCUT2D eigenvalue weighted by molar-refractivity contribution is 7.92. The predicted octanol–water partition coefficient (Wildman–Crippen LogP) is 6.05. The Labute approximate surface area is 244 Å². The fraction of sp³-hybridized carbons (Fsp3) is 0.310. The molecule has 0 aromatic heterocycles. The highest BCUT2D eigenvalue weighted by Gasteiger charge is 2.34. The van der Waals surface area contributed by atoms with Crippen molar-refractivity contribution in [3.63, 3.8) is 0 Å². The van der Waals surface area contributed by atoms with E-state index in [1.54, 1.807) is 25.1 Å². The van der Waals surface area contributed by atoms with Crippen molar-refractivity contribution in [1.29, 1.82) is 0 Å². The van der Waals surface area contributed by atoms with Crippen LogP contribution in [-0.2, 0) is 26.2 Å². The van der Waals surface area contributed by atoms with E-state index in [1.807, 2.05) is 13.8 Å². The van der Waals surface area contributed by atoms with E-state index in [9.17, 15) is 22.4 Å². The molecule has 0 aliphatic heterocycles. The first kappa shape index (κ1) is 31.4. The fourth-order valence-electron chi connectivity index (χ4n) is 4.06. The maximum absolute atomic E-state index is 14.0. The molecular weight excluding hydrogens is 576 g/mol. The summed E-state index contributed by atoms with van der Waals surface area (Å²) in [6.45, 7) is 4.83. The van der Waals surface area contributed by atoms with Gasteiger partial charge in [0.05, 0.1) is 15.6 Å². The number of hydrogen-bond donors (Lipinski definition) is 1. The van der Waals surface area contributed by atoms with Crippen LogP contribution in [0.3, 0.4) is 0 Å². The van der Waals surface area contributed by atoms with Gasteiger partial charge in [0, 0.05) is 17.6 Å². The van der Waals surface area contributed by atoms with Crippen LogP contribution in [0.4, 0.5) is 10.1 Å². The zero-order valence-electron chi connectivity index (χ0n) is 22.5. The van der Waals surface area contributed by atoms with Crippen molar-refractivity contribution in [3.05, 3.63) is 94.2 Å². The van der Waals surface area contributed by atoms with Gasteiger partial charge in [0.1, 0.15) is 18.4 Å². The number of anilines is 1. The Bertz CT molecular complexity index is 1420. The lowest BCUT2D eigenvalue weighted by molar-refractivity contribution is -0.140. The van der Waals surface area contributed by atoms with Crippen LogP contribution in [0.25, 0.3) is 0 Å². The number of carbonyl (C=O) groups is 2. The van der Waals surface area contributed by atoms with E-state index in [1.165, 1.54) is 59.5 Å². The number of amides is 2. The number of halogens is 3. The second kappa shape index (κ2) is 14.0. The van der Waals surface area contributed by atoms with E-state index in [0.717, 1.165) is 4.31 Å². The van der Waals surface area contributed by atoms with Gasteiger partial charge in [-0.25, -0.2) is 12.8 Å². The third-order valence-electron chi connectivity index (χ3n) is 6.44. The molecule has 0 radical (unpaired) electrons. The van der Waals surface area contributed by atoms with Gasteiger partial charge in [0.2, 0.25) is 11.8 Å². The van der Waals surface area contributed by atoms with Crippen LogP contribution in [0.5, 0.6) is 0 Å². The van der Waals surface area contributed by atoms with Crippen molar-refractivity contribution in [2.24, 2.45) is 0 Å². The lowest BCUT2D eigenvalue weighted by Gasteiger charge is -2.34. The molecule has 3 rings (SSSR count). The Kier molecular flexibility index (Phi) is 11.0. The Morgan fingerprint density at radius 3 is 2.20 bits per heavy atom. The maximum atomic E-state index is 14.0. The highest BCUT2D eigenvalue weighted by atomic mass is 35.5. The Balaban J connectivity index is 2.08. The van der Waals surface area contributed by atoms with Gasteiger partial charge in [-0.1, -0.05) is 67.4 Å². The van der Waals surface area contributed by atoms with Crippen LogP contribution < -0.4 is 9.62 Å². The first-order valence-electron chi connectivity index (χ1n) is 12.8. The molecule has 0 unspecified atom stereocenters. The molecule has 0 bridgehead atoms. The normalized spacial score (nSPS) is 12.8. The lowest BCUT2D eigenvalue weighted by Crippen LogP contribution is -2.53. The molecule has 0 aliphatic carbocycles. The number of nitrogens with one attached hydrogen (secondary N) is 1. The van der Waals surface area contributed by atoms with E-state index in [-0.39, 0.29) is 45.5 Å². The molecule has 0 fully saturated rings. The van der Waals surface area contributed by atoms with Crippen LogP contribution in [0.1, 0.15) is 39.2 Å². The van der Waals surface area contributed by atoms with Crippen molar-refractivity contribution < 1.29 is 22.4 Å². The SMILES string of the molecule is CC[C@@H](C)NC(=O)[C@@H](CC)N(Cc1ccc(F)cc1)C(=O)CN(c1cc(Cl)ccc1Cl)S(=O)(=O)c1ccccc1. The quantitative estimate of drug-likeness (QED) is 0.271. The van der Waals surface area contributed by atoms with E-state index >= 15 is 0 Å². The maximum Gasteiger partial charge on any atom is 0.264 e. The average Bonchev–Trinajstić information content (AvgIpc) is 2.94. The summed E-state index contributed by atoms with van der Waals surface area (Å²) >= 11 is 12.6. The van der Waals surface area contributed by atoms with Crippen molar-refractivity contribution in [2.75, 3.05) is 10.8 Å². The number of rotatable bonds is 12. The minimum atomic E-state index is -4.28. The molecule has 40 heavy (non-hydrogen) atoms. The standard InChI is InChI=1S/C29H32Cl2FN3O4S/c1-4-20(3)33-29(37)26(5-2)34(18-21-11-14-23(32)15-12-21)28(36)19-35(27-17-22(30)13-16-25(27)31)40(38,39)24-9-7-6-8-10-24/h6-17,20,26H,4-5,18-19H2,1-3H3,(H,33,37)/t20-,26-/m1/s1. The Morgan fingerprint density at radius 1 is 0.950 bits per heavy atom. The van der Waals surface area contributed by atoms with Gasteiger partial charge in [-0.2, -0.15) is 0 Å². The molecule has 7 nitrogen and oxygen atoms in total. The van der Waals surface area contributed by atoms with Gasteiger partial charge in [0.15, 0.2) is 0 Å². The summed E-state index contributed by atoms with van der Waals surface area (Å²) in [5.41, 5.74) is 0.591. The summed E-state index contributed by atoms with van der Waals surface area (Å²) in [6, 6.07) is 16.5. The summed E-state index contributed by atoms with van der Waals surface area (Å²) in [6.07, 6.45) is 0.947. The van der Waals surface area contributed by atoms with Crippen LogP contribution in [0.15, 0.2) is 77.7 Å². The molecule has 0 heterocycles. The minimum Gasteiger partial charge on any atom is -0.352 e. The second-order valence-corrected chi connectivity index (χ2v) is 12.0. The molecule has 2 amide bonds. The van der Waals surface area contributed by atoms with Crippen LogP contribution in [-0.4, -0.2) is 43.8 Å². The first-order valence-corrected chi connectivity index (χ1v) is 15.0. The zero-order chi connectivity index (χ0) is 29.4. The predicted molar refractivity (Wildman–Crippen MR) is 156 cm³/mol. The van der Waals surface area contributed by atoms with Crippen molar-refractivity contribution in [2.45, 2.75) is 57.1 Å². The van der Waals surface area contributed by atoms with Gasteiger partial charge >= 0.3 is 0 Å². The Hall–Kier alpha value is -3.14. The van der Waals surface area contributed by atoms with Crippen LogP contribution in [0.2, 0.25) is 10.0 Å². The zero-order valence-corrected chi connectivity index (χ0v) is 24.8. The van der Waals surface area contributed by atoms with E-state index < -0.39 is 34.3 Å². The number of benzene rings is 3. The summed E-state index contributed by atoms with van der Waals surface area (Å²) in [4.78, 5) is 28.6. The molecule has 3 aromatic rings. The molecule has 1 N–H and O–H groups in total. The van der Waals surface area contributed by atoms with Crippen molar-refractivity contribution in [3.8, 4) is 0 Å². The van der Waals surface area contributed by atoms with E-state index in [0.29, 0.717) is 12.0 Å². The minimum absolute atomic E-state index is 0.0187. The molecule has 214 valence electrons. The number of hydrogen-bond acceptors (Lipinski definition) is 4. The molecule has 0 spiro atoms. The van der Waals surface area contributed by atoms with Gasteiger partial charge in [0.25, 0.3) is 10.0 Å². The van der Waals surface area contributed by atoms with Crippen molar-refractivity contribution in [1.82, 2.24) is 10.2 Å². The average molecular weight is 609 g/mol. The molecular formula is C29H32Cl2FN3O4S. The molecule has 0 saturated carbocycles. The molecule has 3 aromatic carbocycles. The summed E-state index contributed by atoms with van der Waals surface area (Å²) in [7, 11) is -4.28. The largest absolute Gasteiger partial charge is 0.352 e. The molecule has 11 heteroatoms. The molecule has 2 atom stereocenters. The van der Waals surface area contributed by atoms with Gasteiger partial charge < -0.3 is 10.2 Å².